The molecule has 7 nitrogen and oxygen atoms in total. The van der Waals surface area contributed by atoms with Crippen molar-refractivity contribution in [3.05, 3.63) is 24.3 Å². The standard InChI is InChI=1S/C18H22N6O/c1-12(25)18-22-15-10-21-17-14(4-7-20-17)16(15)24(18)13-5-9-23(11-13)8-3-2-6-19/h4,7,10,12-13,25H,2-3,5,8-9,11H2,1H3,(H,20,21)/t12?,13-/m0/s1. The summed E-state index contributed by atoms with van der Waals surface area (Å²) in [5, 5.41) is 20.0. The number of aromatic amines is 1. The minimum absolute atomic E-state index is 0.275. The van der Waals surface area contributed by atoms with Crippen molar-refractivity contribution in [2.45, 2.75) is 38.3 Å². The Bertz CT molecular complexity index is 934. The molecule has 4 rings (SSSR count). The Hall–Kier alpha value is -2.43. The first-order valence-corrected chi connectivity index (χ1v) is 8.80. The number of unbranched alkanes of at least 4 members (excludes halogenated alkanes) is 1. The molecule has 0 aliphatic carbocycles. The fourth-order valence-corrected chi connectivity index (χ4v) is 3.88. The van der Waals surface area contributed by atoms with Crippen LogP contribution in [0.2, 0.25) is 0 Å². The molecule has 0 saturated carbocycles. The number of nitrogens with one attached hydrogen (secondary N) is 1. The second-order valence-electron chi connectivity index (χ2n) is 6.75. The summed E-state index contributed by atoms with van der Waals surface area (Å²) in [5.41, 5.74) is 2.71. The average molecular weight is 338 g/mol. The first kappa shape index (κ1) is 16.1. The molecule has 1 saturated heterocycles. The molecular formula is C18H22N6O. The summed E-state index contributed by atoms with van der Waals surface area (Å²) in [6.45, 7) is 4.64. The number of nitriles is 1. The lowest BCUT2D eigenvalue weighted by Gasteiger charge is -2.19. The van der Waals surface area contributed by atoms with Gasteiger partial charge in [0.05, 0.1) is 17.8 Å². The Labute approximate surface area is 145 Å². The fourth-order valence-electron chi connectivity index (χ4n) is 3.88. The minimum Gasteiger partial charge on any atom is -0.385 e. The summed E-state index contributed by atoms with van der Waals surface area (Å²) in [7, 11) is 0. The second-order valence-corrected chi connectivity index (χ2v) is 6.75. The molecule has 0 radical (unpaired) electrons. The molecule has 1 unspecified atom stereocenters. The molecule has 25 heavy (non-hydrogen) atoms. The molecule has 4 heterocycles. The van der Waals surface area contributed by atoms with Gasteiger partial charge < -0.3 is 19.6 Å². The van der Waals surface area contributed by atoms with E-state index in [1.165, 1.54) is 0 Å². The van der Waals surface area contributed by atoms with Crippen molar-refractivity contribution in [3.8, 4) is 6.07 Å². The number of H-pyrrole nitrogens is 1. The first-order chi connectivity index (χ1) is 12.2. The molecule has 0 aromatic carbocycles. The largest absolute Gasteiger partial charge is 0.385 e. The number of aliphatic hydroxyl groups is 1. The molecule has 0 bridgehead atoms. The van der Waals surface area contributed by atoms with E-state index >= 15 is 0 Å². The van der Waals surface area contributed by atoms with Gasteiger partial charge >= 0.3 is 0 Å². The van der Waals surface area contributed by atoms with E-state index in [1.807, 2.05) is 12.3 Å². The van der Waals surface area contributed by atoms with Crippen LogP contribution in [0.4, 0.5) is 0 Å². The van der Waals surface area contributed by atoms with Crippen LogP contribution in [0.5, 0.6) is 0 Å². The maximum Gasteiger partial charge on any atom is 0.139 e. The summed E-state index contributed by atoms with van der Waals surface area (Å²) in [5.74, 6) is 0.703. The van der Waals surface area contributed by atoms with E-state index in [2.05, 4.69) is 30.5 Å². The Morgan fingerprint density at radius 1 is 1.52 bits per heavy atom. The van der Waals surface area contributed by atoms with E-state index in [-0.39, 0.29) is 6.04 Å². The summed E-state index contributed by atoms with van der Waals surface area (Å²) in [6.07, 6.45) is 5.56. The van der Waals surface area contributed by atoms with E-state index in [0.29, 0.717) is 12.2 Å². The van der Waals surface area contributed by atoms with Gasteiger partial charge in [-0.3, -0.25) is 0 Å². The molecule has 2 atom stereocenters. The SMILES string of the molecule is CC(O)c1nc2cnc3[nH]ccc3c2n1[C@H]1CCN(CCCC#N)C1. The van der Waals surface area contributed by atoms with E-state index in [1.54, 1.807) is 13.1 Å². The van der Waals surface area contributed by atoms with Gasteiger partial charge in [-0.25, -0.2) is 9.97 Å². The first-order valence-electron chi connectivity index (χ1n) is 8.80. The molecule has 0 amide bonds. The average Bonchev–Trinajstić information content (AvgIpc) is 3.31. The normalized spacial score (nSPS) is 19.6. The van der Waals surface area contributed by atoms with E-state index in [0.717, 1.165) is 54.5 Å². The topological polar surface area (TPSA) is 93.8 Å². The Morgan fingerprint density at radius 2 is 2.40 bits per heavy atom. The molecule has 1 aliphatic rings. The summed E-state index contributed by atoms with van der Waals surface area (Å²) in [6, 6.07) is 4.51. The Morgan fingerprint density at radius 3 is 3.20 bits per heavy atom. The Kier molecular flexibility index (Phi) is 4.15. The highest BCUT2D eigenvalue weighted by Gasteiger charge is 2.29. The molecule has 0 spiro atoms. The summed E-state index contributed by atoms with van der Waals surface area (Å²) >= 11 is 0. The van der Waals surface area contributed by atoms with Gasteiger partial charge in [-0.2, -0.15) is 5.26 Å². The smallest absolute Gasteiger partial charge is 0.139 e. The van der Waals surface area contributed by atoms with Crippen molar-refractivity contribution in [2.24, 2.45) is 0 Å². The van der Waals surface area contributed by atoms with Crippen molar-refractivity contribution in [3.63, 3.8) is 0 Å². The summed E-state index contributed by atoms with van der Waals surface area (Å²) < 4.78 is 2.21. The third-order valence-corrected chi connectivity index (χ3v) is 5.01. The number of nitrogens with zero attached hydrogens (tertiary/aromatic N) is 5. The minimum atomic E-state index is -0.631. The van der Waals surface area contributed by atoms with Crippen LogP contribution < -0.4 is 0 Å². The molecule has 2 N–H and O–H groups in total. The second kappa shape index (κ2) is 6.47. The number of aromatic nitrogens is 4. The van der Waals surface area contributed by atoms with Gasteiger partial charge in [-0.05, 0) is 32.4 Å². The molecule has 3 aromatic heterocycles. The van der Waals surface area contributed by atoms with Crippen LogP contribution in [0.25, 0.3) is 22.1 Å². The number of hydrogen-bond acceptors (Lipinski definition) is 5. The van der Waals surface area contributed by atoms with Gasteiger partial charge in [0.1, 0.15) is 23.1 Å². The zero-order chi connectivity index (χ0) is 17.4. The van der Waals surface area contributed by atoms with E-state index in [4.69, 9.17) is 5.26 Å². The molecular weight excluding hydrogens is 316 g/mol. The molecule has 1 aliphatic heterocycles. The monoisotopic (exact) mass is 338 g/mol. The maximum absolute atomic E-state index is 10.3. The highest BCUT2D eigenvalue weighted by atomic mass is 16.3. The van der Waals surface area contributed by atoms with Crippen molar-refractivity contribution in [1.29, 1.82) is 5.26 Å². The van der Waals surface area contributed by atoms with Gasteiger partial charge in [-0.1, -0.05) is 0 Å². The van der Waals surface area contributed by atoms with Crippen molar-refractivity contribution < 1.29 is 5.11 Å². The van der Waals surface area contributed by atoms with Gasteiger partial charge in [0.2, 0.25) is 0 Å². The number of rotatable bonds is 5. The summed E-state index contributed by atoms with van der Waals surface area (Å²) in [4.78, 5) is 14.6. The van der Waals surface area contributed by atoms with Gasteiger partial charge in [0, 0.05) is 37.1 Å². The number of aliphatic hydroxyl groups excluding tert-OH is 1. The Balaban J connectivity index is 1.74. The van der Waals surface area contributed by atoms with E-state index < -0.39 is 6.10 Å². The van der Waals surface area contributed by atoms with Crippen molar-refractivity contribution in [2.75, 3.05) is 19.6 Å². The van der Waals surface area contributed by atoms with Crippen LogP contribution in [0, 0.1) is 11.3 Å². The number of pyridine rings is 1. The number of imidazole rings is 1. The predicted octanol–water partition coefficient (Wildman–Crippen LogP) is 2.52. The lowest BCUT2D eigenvalue weighted by atomic mass is 10.2. The highest BCUT2D eigenvalue weighted by Crippen LogP contribution is 2.33. The van der Waals surface area contributed by atoms with Crippen LogP contribution in [0.15, 0.2) is 18.5 Å². The molecule has 7 heteroatoms. The van der Waals surface area contributed by atoms with Crippen LogP contribution in [-0.4, -0.2) is 49.2 Å². The van der Waals surface area contributed by atoms with Crippen molar-refractivity contribution in [1.82, 2.24) is 24.4 Å². The van der Waals surface area contributed by atoms with Crippen molar-refractivity contribution >= 4 is 22.1 Å². The lowest BCUT2D eigenvalue weighted by molar-refractivity contribution is 0.181. The van der Waals surface area contributed by atoms with Crippen LogP contribution in [0.1, 0.15) is 44.2 Å². The van der Waals surface area contributed by atoms with Gasteiger partial charge in [0.25, 0.3) is 0 Å². The fraction of sp³-hybridized carbons (Fsp3) is 0.500. The van der Waals surface area contributed by atoms with Gasteiger partial charge in [-0.15, -0.1) is 0 Å². The molecule has 1 fully saturated rings. The number of fused-ring (bicyclic) bond motifs is 3. The van der Waals surface area contributed by atoms with E-state index in [9.17, 15) is 5.11 Å². The van der Waals surface area contributed by atoms with Crippen LogP contribution >= 0.6 is 0 Å². The highest BCUT2D eigenvalue weighted by molar-refractivity contribution is 6.01. The number of hydrogen-bond donors (Lipinski definition) is 2. The van der Waals surface area contributed by atoms with Crippen LogP contribution in [0.3, 0.4) is 0 Å². The van der Waals surface area contributed by atoms with Crippen LogP contribution in [-0.2, 0) is 0 Å². The maximum atomic E-state index is 10.3. The zero-order valence-electron chi connectivity index (χ0n) is 14.3. The quantitative estimate of drug-likeness (QED) is 0.697. The molecule has 3 aromatic rings. The predicted molar refractivity (Wildman–Crippen MR) is 95.0 cm³/mol. The molecule has 130 valence electrons. The lowest BCUT2D eigenvalue weighted by Crippen LogP contribution is -2.23. The number of likely N-dealkylation sites (tertiary alicyclic amines) is 1. The zero-order valence-corrected chi connectivity index (χ0v) is 14.3. The third kappa shape index (κ3) is 2.77. The van der Waals surface area contributed by atoms with Gasteiger partial charge in [0.15, 0.2) is 0 Å². The third-order valence-electron chi connectivity index (χ3n) is 5.01.